The van der Waals surface area contributed by atoms with Crippen LogP contribution in [0.4, 0.5) is 0 Å². The lowest BCUT2D eigenvalue weighted by molar-refractivity contribution is 1.24. The third-order valence-electron chi connectivity index (χ3n) is 1.13. The van der Waals surface area contributed by atoms with Gasteiger partial charge in [-0.15, -0.1) is 12.4 Å². The standard InChI is InChI=1S/C5Cl6.ClH/c6-1-2(7)4(9)5(10,11)3(1)8;/h;1H. The fraction of sp³-hybridized carbons (Fsp3) is 0.200. The molecule has 12 heavy (non-hydrogen) atoms. The van der Waals surface area contributed by atoms with Crippen molar-refractivity contribution < 1.29 is 0 Å². The molecule has 1 aliphatic rings. The van der Waals surface area contributed by atoms with Gasteiger partial charge in [0.05, 0.1) is 20.1 Å². The molecule has 0 aromatic rings. The summed E-state index contributed by atoms with van der Waals surface area (Å²) in [5.41, 5.74) is 0. The first-order valence-corrected chi connectivity index (χ1v) is 4.65. The van der Waals surface area contributed by atoms with Crippen LogP contribution in [0.25, 0.3) is 0 Å². The fourth-order valence-corrected chi connectivity index (χ4v) is 2.13. The second kappa shape index (κ2) is 4.35. The number of alkyl halides is 2. The van der Waals surface area contributed by atoms with E-state index in [1.165, 1.54) is 0 Å². The van der Waals surface area contributed by atoms with Gasteiger partial charge in [-0.05, 0) is 0 Å². The Morgan fingerprint density at radius 1 is 0.750 bits per heavy atom. The van der Waals surface area contributed by atoms with Crippen molar-refractivity contribution in [3.63, 3.8) is 0 Å². The SMILES string of the molecule is Cl.ClC1=C(Cl)C(Cl)(Cl)C(Cl)=C1Cl. The van der Waals surface area contributed by atoms with Crippen molar-refractivity contribution in [2.75, 3.05) is 0 Å². The van der Waals surface area contributed by atoms with Crippen LogP contribution in [-0.4, -0.2) is 4.33 Å². The van der Waals surface area contributed by atoms with Gasteiger partial charge in [-0.3, -0.25) is 0 Å². The van der Waals surface area contributed by atoms with E-state index in [4.69, 9.17) is 69.6 Å². The van der Waals surface area contributed by atoms with Crippen LogP contribution < -0.4 is 0 Å². The summed E-state index contributed by atoms with van der Waals surface area (Å²) >= 11 is 33.8. The number of allylic oxidation sites excluding steroid dienone is 4. The minimum Gasteiger partial charge on any atom is -0.147 e. The quantitative estimate of drug-likeness (QED) is 0.554. The molecular weight excluding hydrogens is 308 g/mol. The van der Waals surface area contributed by atoms with Crippen molar-refractivity contribution in [3.8, 4) is 0 Å². The maximum Gasteiger partial charge on any atom is 0.191 e. The molecule has 0 saturated heterocycles. The molecule has 70 valence electrons. The van der Waals surface area contributed by atoms with E-state index in [1.807, 2.05) is 0 Å². The molecule has 0 amide bonds. The van der Waals surface area contributed by atoms with Crippen LogP contribution in [0.2, 0.25) is 0 Å². The monoisotopic (exact) mass is 306 g/mol. The third-order valence-corrected chi connectivity index (χ3v) is 4.26. The average molecular weight is 309 g/mol. The summed E-state index contributed by atoms with van der Waals surface area (Å²) in [5.74, 6) is 0. The zero-order valence-electron chi connectivity index (χ0n) is 5.18. The van der Waals surface area contributed by atoms with Crippen LogP contribution in [0.1, 0.15) is 0 Å². The highest BCUT2D eigenvalue weighted by Gasteiger charge is 2.42. The molecule has 0 aromatic heterocycles. The maximum atomic E-state index is 5.68. The summed E-state index contributed by atoms with van der Waals surface area (Å²) in [4.78, 5) is 0. The van der Waals surface area contributed by atoms with E-state index in [0.717, 1.165) is 0 Å². The molecule has 0 nitrogen and oxygen atoms in total. The molecule has 1 rings (SSSR count). The van der Waals surface area contributed by atoms with E-state index in [0.29, 0.717) is 0 Å². The molecule has 0 bridgehead atoms. The highest BCUT2D eigenvalue weighted by molar-refractivity contribution is 6.67. The Balaban J connectivity index is 0.00000121. The van der Waals surface area contributed by atoms with Gasteiger partial charge in [0.25, 0.3) is 0 Å². The molecule has 0 fully saturated rings. The zero-order valence-corrected chi connectivity index (χ0v) is 10.5. The Morgan fingerprint density at radius 3 is 1.08 bits per heavy atom. The average Bonchev–Trinajstić information content (AvgIpc) is 2.06. The molecule has 0 radical (unpaired) electrons. The summed E-state index contributed by atoms with van der Waals surface area (Å²) in [6.07, 6.45) is 0. The molecule has 0 spiro atoms. The molecule has 0 unspecified atom stereocenters. The van der Waals surface area contributed by atoms with Gasteiger partial charge in [0.2, 0.25) is 0 Å². The normalized spacial score (nSPS) is 21.5. The first-order chi connectivity index (χ1) is 4.89. The highest BCUT2D eigenvalue weighted by Crippen LogP contribution is 2.53. The van der Waals surface area contributed by atoms with Crippen LogP contribution in [0.5, 0.6) is 0 Å². The molecule has 0 N–H and O–H groups in total. The van der Waals surface area contributed by atoms with Crippen molar-refractivity contribution in [1.29, 1.82) is 0 Å². The van der Waals surface area contributed by atoms with Gasteiger partial charge < -0.3 is 0 Å². The lowest BCUT2D eigenvalue weighted by atomic mass is 10.4. The summed E-state index contributed by atoms with van der Waals surface area (Å²) in [6.45, 7) is 0. The predicted octanol–water partition coefficient (Wildman–Crippen LogP) is 4.97. The summed E-state index contributed by atoms with van der Waals surface area (Å²) in [5, 5.41) is 0.279. The topological polar surface area (TPSA) is 0 Å². The Bertz CT molecular complexity index is 235. The lowest BCUT2D eigenvalue weighted by Gasteiger charge is -2.11. The van der Waals surface area contributed by atoms with Crippen molar-refractivity contribution in [2.45, 2.75) is 4.33 Å². The van der Waals surface area contributed by atoms with E-state index >= 15 is 0 Å². The molecular formula is C5HCl7. The first-order valence-electron chi connectivity index (χ1n) is 2.38. The second-order valence-corrected chi connectivity index (χ2v) is 4.67. The number of rotatable bonds is 0. The Morgan fingerprint density at radius 2 is 1.00 bits per heavy atom. The summed E-state index contributed by atoms with van der Waals surface area (Å²) < 4.78 is -1.47. The van der Waals surface area contributed by atoms with Gasteiger partial charge in [-0.25, -0.2) is 0 Å². The summed E-state index contributed by atoms with van der Waals surface area (Å²) in [6, 6.07) is 0. The lowest BCUT2D eigenvalue weighted by Crippen LogP contribution is -2.09. The first kappa shape index (κ1) is 13.5. The van der Waals surface area contributed by atoms with Crippen LogP contribution in [-0.2, 0) is 0 Å². The van der Waals surface area contributed by atoms with Gasteiger partial charge in [-0.1, -0.05) is 69.6 Å². The van der Waals surface area contributed by atoms with Crippen LogP contribution in [0, 0.1) is 0 Å². The molecule has 7 heteroatoms. The van der Waals surface area contributed by atoms with Gasteiger partial charge in [0, 0.05) is 0 Å². The molecule has 0 saturated carbocycles. The summed E-state index contributed by atoms with van der Waals surface area (Å²) in [7, 11) is 0. The van der Waals surface area contributed by atoms with E-state index in [-0.39, 0.29) is 32.5 Å². The van der Waals surface area contributed by atoms with Crippen molar-refractivity contribution in [3.05, 3.63) is 20.1 Å². The van der Waals surface area contributed by atoms with Crippen LogP contribution >= 0.6 is 82.0 Å². The second-order valence-electron chi connectivity index (χ2n) is 1.83. The largest absolute Gasteiger partial charge is 0.191 e. The van der Waals surface area contributed by atoms with Crippen LogP contribution in [0.3, 0.4) is 0 Å². The van der Waals surface area contributed by atoms with Gasteiger partial charge in [0.1, 0.15) is 0 Å². The predicted molar refractivity (Wildman–Crippen MR) is 59.1 cm³/mol. The molecule has 0 heterocycles. The Labute approximate surface area is 106 Å². The van der Waals surface area contributed by atoms with Crippen molar-refractivity contribution in [2.24, 2.45) is 0 Å². The van der Waals surface area contributed by atoms with E-state index in [1.54, 1.807) is 0 Å². The molecule has 0 atom stereocenters. The van der Waals surface area contributed by atoms with Gasteiger partial charge in [0.15, 0.2) is 4.33 Å². The molecule has 0 aromatic carbocycles. The zero-order chi connectivity index (χ0) is 8.81. The maximum absolute atomic E-state index is 5.68. The Hall–Kier alpha value is 1.51. The van der Waals surface area contributed by atoms with Crippen molar-refractivity contribution in [1.82, 2.24) is 0 Å². The number of halogens is 7. The van der Waals surface area contributed by atoms with E-state index in [2.05, 4.69) is 0 Å². The van der Waals surface area contributed by atoms with E-state index in [9.17, 15) is 0 Å². The minimum atomic E-state index is -1.47. The van der Waals surface area contributed by atoms with E-state index < -0.39 is 4.33 Å². The molecule has 1 aliphatic carbocycles. The van der Waals surface area contributed by atoms with Gasteiger partial charge >= 0.3 is 0 Å². The number of hydrogen-bond donors (Lipinski definition) is 0. The highest BCUT2D eigenvalue weighted by atomic mass is 35.5. The minimum absolute atomic E-state index is 0. The fourth-order valence-electron chi connectivity index (χ4n) is 0.565. The Kier molecular flexibility index (Phi) is 4.90. The molecule has 0 aliphatic heterocycles. The smallest absolute Gasteiger partial charge is 0.147 e. The number of hydrogen-bond acceptors (Lipinski definition) is 0. The third kappa shape index (κ3) is 1.95. The van der Waals surface area contributed by atoms with Crippen LogP contribution in [0.15, 0.2) is 20.1 Å². The van der Waals surface area contributed by atoms with Crippen molar-refractivity contribution >= 4 is 82.0 Å². The van der Waals surface area contributed by atoms with Gasteiger partial charge in [-0.2, -0.15) is 0 Å².